The zero-order valence-electron chi connectivity index (χ0n) is 22.8. The summed E-state index contributed by atoms with van der Waals surface area (Å²) in [5, 5.41) is 0. The molecule has 0 radical (unpaired) electrons. The van der Waals surface area contributed by atoms with Gasteiger partial charge >= 0.3 is 5.97 Å². The summed E-state index contributed by atoms with van der Waals surface area (Å²) in [6.45, 7) is 4.50. The summed E-state index contributed by atoms with van der Waals surface area (Å²) >= 11 is 0. The van der Waals surface area contributed by atoms with E-state index in [1.165, 1.54) is 61.7 Å². The first-order valence-corrected chi connectivity index (χ1v) is 13.7. The molecule has 0 spiro atoms. The number of ether oxygens (including phenoxy) is 2. The summed E-state index contributed by atoms with van der Waals surface area (Å²) in [5.74, 6) is -2.99. The Morgan fingerprint density at radius 2 is 1.27 bits per heavy atom. The van der Waals surface area contributed by atoms with Gasteiger partial charge in [-0.2, -0.15) is 0 Å². The molecule has 3 nitrogen and oxygen atoms in total. The molecule has 0 saturated carbocycles. The molecule has 0 N–H and O–H groups in total. The maximum atomic E-state index is 15.0. The van der Waals surface area contributed by atoms with Gasteiger partial charge in [0.15, 0.2) is 23.2 Å². The van der Waals surface area contributed by atoms with Gasteiger partial charge in [-0.3, -0.25) is 0 Å². The molecule has 0 aliphatic carbocycles. The molecule has 40 heavy (non-hydrogen) atoms. The van der Waals surface area contributed by atoms with Crippen molar-refractivity contribution in [1.29, 1.82) is 0 Å². The van der Waals surface area contributed by atoms with Gasteiger partial charge in [-0.1, -0.05) is 93.1 Å². The number of rotatable bonds is 12. The van der Waals surface area contributed by atoms with Gasteiger partial charge in [0.2, 0.25) is 0 Å². The summed E-state index contributed by atoms with van der Waals surface area (Å²) in [4.78, 5) is 12.6. The van der Waals surface area contributed by atoms with E-state index in [-0.39, 0.29) is 28.2 Å². The number of halogens is 3. The Balaban J connectivity index is 1.36. The lowest BCUT2D eigenvalue weighted by Crippen LogP contribution is -2.09. The second-order valence-electron chi connectivity index (χ2n) is 9.83. The van der Waals surface area contributed by atoms with Crippen LogP contribution in [-0.4, -0.2) is 12.6 Å². The standard InChI is InChI=1S/C34H33F3O3/c1-3-4-5-6-7-8-21-39-31-20-15-26(22-30(31)35)34(38)40-27-16-13-25(14-17-27)29-19-18-28(32(36)33(29)37)24-11-9-23(2)10-12-24/h9-20,22H,3-8,21H2,1-2H3. The Bertz CT molecular complexity index is 1430. The van der Waals surface area contributed by atoms with Gasteiger partial charge < -0.3 is 9.47 Å². The maximum Gasteiger partial charge on any atom is 0.343 e. The van der Waals surface area contributed by atoms with Crippen LogP contribution in [0.25, 0.3) is 22.3 Å². The van der Waals surface area contributed by atoms with Gasteiger partial charge in [0, 0.05) is 11.1 Å². The fraction of sp³-hybridized carbons (Fsp3) is 0.265. The summed E-state index contributed by atoms with van der Waals surface area (Å²) in [6, 6.07) is 20.2. The summed E-state index contributed by atoms with van der Waals surface area (Å²) in [6.07, 6.45) is 6.62. The smallest absolute Gasteiger partial charge is 0.343 e. The predicted octanol–water partition coefficient (Wildman–Crippen LogP) is 9.70. The minimum absolute atomic E-state index is 0.0355. The van der Waals surface area contributed by atoms with E-state index in [9.17, 15) is 18.0 Å². The fourth-order valence-corrected chi connectivity index (χ4v) is 4.41. The van der Waals surface area contributed by atoms with Crippen molar-refractivity contribution < 1.29 is 27.4 Å². The van der Waals surface area contributed by atoms with Crippen molar-refractivity contribution in [2.75, 3.05) is 6.61 Å². The zero-order valence-corrected chi connectivity index (χ0v) is 22.8. The van der Waals surface area contributed by atoms with Crippen LogP contribution in [-0.2, 0) is 0 Å². The second-order valence-corrected chi connectivity index (χ2v) is 9.83. The van der Waals surface area contributed by atoms with Gasteiger partial charge in [0.05, 0.1) is 12.2 Å². The van der Waals surface area contributed by atoms with Crippen LogP contribution in [0, 0.1) is 24.4 Å². The average Bonchev–Trinajstić information content (AvgIpc) is 2.96. The molecule has 0 saturated heterocycles. The first-order valence-electron chi connectivity index (χ1n) is 13.7. The van der Waals surface area contributed by atoms with Gasteiger partial charge in [0.25, 0.3) is 0 Å². The highest BCUT2D eigenvalue weighted by Crippen LogP contribution is 2.32. The Hall–Kier alpha value is -4.06. The average molecular weight is 547 g/mol. The van der Waals surface area contributed by atoms with Crippen molar-refractivity contribution >= 4 is 5.97 Å². The molecule has 0 heterocycles. The summed E-state index contributed by atoms with van der Waals surface area (Å²) in [7, 11) is 0. The molecule has 0 aromatic heterocycles. The van der Waals surface area contributed by atoms with E-state index in [0.29, 0.717) is 17.7 Å². The van der Waals surface area contributed by atoms with Gasteiger partial charge in [0.1, 0.15) is 5.75 Å². The molecule has 4 aromatic carbocycles. The minimum atomic E-state index is -0.961. The molecule has 6 heteroatoms. The normalized spacial score (nSPS) is 10.9. The first kappa shape index (κ1) is 28.9. The molecular formula is C34H33F3O3. The molecule has 208 valence electrons. The quantitative estimate of drug-likeness (QED) is 0.101. The van der Waals surface area contributed by atoms with Crippen molar-refractivity contribution in [2.45, 2.75) is 52.4 Å². The number of benzene rings is 4. The lowest BCUT2D eigenvalue weighted by atomic mass is 9.98. The van der Waals surface area contributed by atoms with Crippen LogP contribution in [0.5, 0.6) is 11.5 Å². The minimum Gasteiger partial charge on any atom is -0.491 e. The number of aryl methyl sites for hydroxylation is 1. The largest absolute Gasteiger partial charge is 0.491 e. The highest BCUT2D eigenvalue weighted by Gasteiger charge is 2.17. The molecule has 0 atom stereocenters. The first-order chi connectivity index (χ1) is 19.4. The lowest BCUT2D eigenvalue weighted by Gasteiger charge is -2.11. The number of esters is 1. The van der Waals surface area contributed by atoms with Gasteiger partial charge in [-0.25, -0.2) is 18.0 Å². The van der Waals surface area contributed by atoms with Crippen molar-refractivity contribution in [2.24, 2.45) is 0 Å². The van der Waals surface area contributed by atoms with Crippen LogP contribution in [0.2, 0.25) is 0 Å². The summed E-state index contributed by atoms with van der Waals surface area (Å²) in [5.41, 5.74) is 2.34. The maximum absolute atomic E-state index is 15.0. The topological polar surface area (TPSA) is 35.5 Å². The van der Waals surface area contributed by atoms with Crippen LogP contribution in [0.15, 0.2) is 78.9 Å². The number of hydrogen-bond donors (Lipinski definition) is 0. The van der Waals surface area contributed by atoms with Crippen LogP contribution in [0.1, 0.15) is 61.4 Å². The SMILES string of the molecule is CCCCCCCCOc1ccc(C(=O)Oc2ccc(-c3ccc(-c4ccc(C)cc4)c(F)c3F)cc2)cc1F. The molecule has 0 fully saturated rings. The van der Waals surface area contributed by atoms with E-state index in [1.807, 2.05) is 19.1 Å². The van der Waals surface area contributed by atoms with Crippen molar-refractivity contribution in [3.63, 3.8) is 0 Å². The fourth-order valence-electron chi connectivity index (χ4n) is 4.41. The van der Waals surface area contributed by atoms with E-state index in [2.05, 4.69) is 6.92 Å². The van der Waals surface area contributed by atoms with Crippen molar-refractivity contribution in [3.05, 3.63) is 107 Å². The Morgan fingerprint density at radius 1 is 0.700 bits per heavy atom. The lowest BCUT2D eigenvalue weighted by molar-refractivity contribution is 0.0734. The Labute approximate surface area is 233 Å². The van der Waals surface area contributed by atoms with Crippen LogP contribution < -0.4 is 9.47 Å². The molecule has 0 amide bonds. The monoisotopic (exact) mass is 546 g/mol. The highest BCUT2D eigenvalue weighted by atomic mass is 19.2. The van der Waals surface area contributed by atoms with E-state index in [0.717, 1.165) is 30.9 Å². The Morgan fingerprint density at radius 3 is 1.88 bits per heavy atom. The molecule has 0 unspecified atom stereocenters. The third-order valence-corrected chi connectivity index (χ3v) is 6.74. The predicted molar refractivity (Wildman–Crippen MR) is 152 cm³/mol. The number of carbonyl (C=O) groups is 1. The van der Waals surface area contributed by atoms with E-state index >= 15 is 0 Å². The van der Waals surface area contributed by atoms with Crippen LogP contribution >= 0.6 is 0 Å². The van der Waals surface area contributed by atoms with E-state index < -0.39 is 23.4 Å². The molecule has 0 aliphatic rings. The highest BCUT2D eigenvalue weighted by molar-refractivity contribution is 5.91. The Kier molecular flexibility index (Phi) is 10.0. The number of unbranched alkanes of at least 4 members (excludes halogenated alkanes) is 5. The van der Waals surface area contributed by atoms with Gasteiger partial charge in [-0.05, 0) is 54.8 Å². The molecule has 4 rings (SSSR count). The summed E-state index contributed by atoms with van der Waals surface area (Å²) < 4.78 is 55.2. The molecular weight excluding hydrogens is 513 g/mol. The number of hydrogen-bond acceptors (Lipinski definition) is 3. The van der Waals surface area contributed by atoms with Gasteiger partial charge in [-0.15, -0.1) is 0 Å². The second kappa shape index (κ2) is 13.8. The molecule has 4 aromatic rings. The van der Waals surface area contributed by atoms with Crippen molar-refractivity contribution in [3.8, 4) is 33.8 Å². The van der Waals surface area contributed by atoms with E-state index in [4.69, 9.17) is 9.47 Å². The zero-order chi connectivity index (χ0) is 28.5. The molecule has 0 bridgehead atoms. The third-order valence-electron chi connectivity index (χ3n) is 6.74. The van der Waals surface area contributed by atoms with Crippen LogP contribution in [0.3, 0.4) is 0 Å². The third kappa shape index (κ3) is 7.32. The molecule has 0 aliphatic heterocycles. The van der Waals surface area contributed by atoms with E-state index in [1.54, 1.807) is 18.2 Å². The van der Waals surface area contributed by atoms with Crippen LogP contribution in [0.4, 0.5) is 13.2 Å². The number of carbonyl (C=O) groups excluding carboxylic acids is 1. The van der Waals surface area contributed by atoms with Crippen molar-refractivity contribution in [1.82, 2.24) is 0 Å².